The molecule has 0 N–H and O–H groups in total. The normalized spacial score (nSPS) is 13.7. The Morgan fingerprint density at radius 3 is 1.03 bits per heavy atom. The fourth-order valence-corrected chi connectivity index (χ4v) is 13.8. The first-order valence-electron chi connectivity index (χ1n) is 26.2. The van der Waals surface area contributed by atoms with Crippen molar-refractivity contribution in [1.29, 1.82) is 0 Å². The van der Waals surface area contributed by atoms with Crippen molar-refractivity contribution >= 4 is 43.6 Å². The minimum Gasteiger partial charge on any atom is -0.293 e. The molecule has 14 aromatic rings. The van der Waals surface area contributed by atoms with Crippen molar-refractivity contribution in [2.75, 3.05) is 0 Å². The zero-order valence-electron chi connectivity index (χ0n) is 41.3. The second-order valence-corrected chi connectivity index (χ2v) is 20.3. The number of aromatic nitrogens is 4. The highest BCUT2D eigenvalue weighted by Gasteiger charge is 2.50. The predicted molar refractivity (Wildman–Crippen MR) is 311 cm³/mol. The van der Waals surface area contributed by atoms with Crippen molar-refractivity contribution in [3.8, 4) is 45.3 Å². The van der Waals surface area contributed by atoms with Crippen molar-refractivity contribution in [3.63, 3.8) is 0 Å². The van der Waals surface area contributed by atoms with Crippen molar-refractivity contribution in [2.45, 2.75) is 10.8 Å². The molecule has 76 heavy (non-hydrogen) atoms. The summed E-state index contributed by atoms with van der Waals surface area (Å²) in [5.74, 6) is 2.22. The summed E-state index contributed by atoms with van der Waals surface area (Å²) in [5, 5.41) is 4.66. The fraction of sp³-hybridized carbons (Fsp3) is 0.0278. The number of fused-ring (bicyclic) bond motifs is 14. The van der Waals surface area contributed by atoms with E-state index in [0.717, 1.165) is 50.0 Å². The predicted octanol–water partition coefficient (Wildman–Crippen LogP) is 17.1. The van der Waals surface area contributed by atoms with E-state index in [1.165, 1.54) is 77.5 Å². The van der Waals surface area contributed by atoms with Gasteiger partial charge in [-0.15, -0.1) is 0 Å². The van der Waals surface area contributed by atoms with Crippen LogP contribution in [0.2, 0.25) is 0 Å². The van der Waals surface area contributed by atoms with Crippen molar-refractivity contribution in [1.82, 2.24) is 19.1 Å². The molecule has 2 aliphatic carbocycles. The highest BCUT2D eigenvalue weighted by molar-refractivity contribution is 6.15. The maximum absolute atomic E-state index is 5.75. The van der Waals surface area contributed by atoms with E-state index in [2.05, 4.69) is 288 Å². The number of hydrogen-bond acceptors (Lipinski definition) is 2. The molecule has 4 heteroatoms. The van der Waals surface area contributed by atoms with Crippen LogP contribution in [0, 0.1) is 0 Å². The van der Waals surface area contributed by atoms with Crippen LogP contribution < -0.4 is 0 Å². The highest BCUT2D eigenvalue weighted by atomic mass is 15.1. The molecule has 0 atom stereocenters. The number of rotatable bonds is 7. The van der Waals surface area contributed by atoms with E-state index >= 15 is 0 Å². The standard InChI is InChI=1S/C72H46N4/c1-6-24-47(25-7-1)70-73-64(75-62-40-22-18-36-54(62)58-44-42-56-52-34-16-20-38-60(52)71(66(56)68(58)75,48-26-8-2-9-27-48)49-28-10-3-11-29-49)46-65(74-70)76-63-41-23-19-37-55(63)59-45-43-57-53-35-17-21-39-61(53)72(67(57)69(59)76,50-30-12-4-13-31-50)51-32-14-5-15-33-51/h1-46H. The number of para-hydroxylation sites is 2. The lowest BCUT2D eigenvalue weighted by molar-refractivity contribution is 0.770. The summed E-state index contributed by atoms with van der Waals surface area (Å²) in [7, 11) is 0. The fourth-order valence-electron chi connectivity index (χ4n) is 13.8. The third-order valence-corrected chi connectivity index (χ3v) is 16.7. The largest absolute Gasteiger partial charge is 0.293 e. The van der Waals surface area contributed by atoms with Crippen molar-refractivity contribution in [2.24, 2.45) is 0 Å². The van der Waals surface area contributed by atoms with E-state index < -0.39 is 10.8 Å². The molecule has 0 radical (unpaired) electrons. The zero-order valence-corrected chi connectivity index (χ0v) is 41.3. The van der Waals surface area contributed by atoms with Gasteiger partial charge in [0.2, 0.25) is 0 Å². The quantitative estimate of drug-likeness (QED) is 0.160. The van der Waals surface area contributed by atoms with Gasteiger partial charge in [0, 0.05) is 44.3 Å². The van der Waals surface area contributed by atoms with Crippen LogP contribution in [-0.4, -0.2) is 19.1 Å². The molecular formula is C72H46N4. The molecule has 0 spiro atoms. The van der Waals surface area contributed by atoms with E-state index in [0.29, 0.717) is 5.82 Å². The molecule has 0 fully saturated rings. The van der Waals surface area contributed by atoms with Crippen LogP contribution in [-0.2, 0) is 10.8 Å². The van der Waals surface area contributed by atoms with E-state index in [4.69, 9.17) is 9.97 Å². The Kier molecular flexibility index (Phi) is 9.13. The van der Waals surface area contributed by atoms with Gasteiger partial charge in [-0.3, -0.25) is 9.13 Å². The Labute approximate surface area is 440 Å². The van der Waals surface area contributed by atoms with Gasteiger partial charge < -0.3 is 0 Å². The van der Waals surface area contributed by atoms with Gasteiger partial charge in [0.15, 0.2) is 5.82 Å². The molecule has 3 heterocycles. The summed E-state index contributed by atoms with van der Waals surface area (Å²) >= 11 is 0. The summed E-state index contributed by atoms with van der Waals surface area (Å²) in [6, 6.07) is 102. The molecule has 2 aliphatic rings. The number of hydrogen-bond donors (Lipinski definition) is 0. The van der Waals surface area contributed by atoms with Gasteiger partial charge in [0.05, 0.1) is 32.9 Å². The Morgan fingerprint density at radius 1 is 0.276 bits per heavy atom. The lowest BCUT2D eigenvalue weighted by Crippen LogP contribution is -2.29. The molecule has 11 aromatic carbocycles. The zero-order chi connectivity index (χ0) is 50.0. The molecule has 4 nitrogen and oxygen atoms in total. The van der Waals surface area contributed by atoms with Crippen LogP contribution in [0.25, 0.3) is 88.9 Å². The van der Waals surface area contributed by atoms with Gasteiger partial charge in [-0.25, -0.2) is 9.97 Å². The molecule has 0 aliphatic heterocycles. The average Bonchev–Trinajstić information content (AvgIpc) is 4.31. The smallest absolute Gasteiger partial charge is 0.163 e. The van der Waals surface area contributed by atoms with Gasteiger partial charge >= 0.3 is 0 Å². The van der Waals surface area contributed by atoms with E-state index in [1.54, 1.807) is 0 Å². The van der Waals surface area contributed by atoms with Crippen LogP contribution >= 0.6 is 0 Å². The van der Waals surface area contributed by atoms with Crippen molar-refractivity contribution in [3.05, 3.63) is 324 Å². The Hall–Kier alpha value is -9.90. The second-order valence-electron chi connectivity index (χ2n) is 20.3. The number of nitrogens with zero attached hydrogens (tertiary/aromatic N) is 4. The Bertz CT molecular complexity index is 4260. The first-order chi connectivity index (χ1) is 37.7. The summed E-state index contributed by atoms with van der Waals surface area (Å²) in [6.45, 7) is 0. The molecule has 0 amide bonds. The summed E-state index contributed by atoms with van der Waals surface area (Å²) in [5.41, 5.74) is 18.8. The van der Waals surface area contributed by atoms with Gasteiger partial charge in [-0.1, -0.05) is 261 Å². The molecule has 3 aromatic heterocycles. The van der Waals surface area contributed by atoms with E-state index in [1.807, 2.05) is 0 Å². The van der Waals surface area contributed by atoms with Crippen molar-refractivity contribution < 1.29 is 0 Å². The first kappa shape index (κ1) is 42.6. The molecule has 0 bridgehead atoms. The summed E-state index contributed by atoms with van der Waals surface area (Å²) < 4.78 is 4.92. The highest BCUT2D eigenvalue weighted by Crippen LogP contribution is 2.61. The van der Waals surface area contributed by atoms with Crippen LogP contribution in [0.1, 0.15) is 44.5 Å². The van der Waals surface area contributed by atoms with E-state index in [-0.39, 0.29) is 0 Å². The maximum atomic E-state index is 5.75. The Morgan fingerprint density at radius 2 is 0.618 bits per heavy atom. The average molecular weight is 967 g/mol. The molecule has 354 valence electrons. The molecule has 0 saturated carbocycles. The van der Waals surface area contributed by atoms with Gasteiger partial charge in [-0.2, -0.15) is 0 Å². The molecule has 0 unspecified atom stereocenters. The SMILES string of the molecule is c1ccc(-c2nc(-n3c4ccccc4c4ccc5c(c43)C(c3ccccc3)(c3ccccc3)c3ccccc3-5)cc(-n3c4ccccc4c4ccc5c(c43)C(c3ccccc3)(c3ccccc3)c3ccccc3-5)n2)cc1. The third-order valence-electron chi connectivity index (χ3n) is 16.7. The lowest BCUT2D eigenvalue weighted by atomic mass is 9.67. The van der Waals surface area contributed by atoms with Crippen LogP contribution in [0.4, 0.5) is 0 Å². The third kappa shape index (κ3) is 5.67. The molecule has 0 saturated heterocycles. The molecular weight excluding hydrogens is 921 g/mol. The van der Waals surface area contributed by atoms with Crippen LogP contribution in [0.3, 0.4) is 0 Å². The monoisotopic (exact) mass is 966 g/mol. The van der Waals surface area contributed by atoms with Crippen LogP contribution in [0.15, 0.2) is 279 Å². The van der Waals surface area contributed by atoms with Crippen LogP contribution in [0.5, 0.6) is 0 Å². The van der Waals surface area contributed by atoms with E-state index in [9.17, 15) is 0 Å². The first-order valence-corrected chi connectivity index (χ1v) is 26.2. The maximum Gasteiger partial charge on any atom is 0.163 e. The lowest BCUT2D eigenvalue weighted by Gasteiger charge is -2.34. The summed E-state index contributed by atoms with van der Waals surface area (Å²) in [4.78, 5) is 11.5. The van der Waals surface area contributed by atoms with Gasteiger partial charge in [-0.05, 0) is 67.8 Å². The topological polar surface area (TPSA) is 35.6 Å². The van der Waals surface area contributed by atoms with Gasteiger partial charge in [0.1, 0.15) is 11.6 Å². The number of benzene rings is 11. The molecule has 16 rings (SSSR count). The second kappa shape index (κ2) is 16.3. The Balaban J connectivity index is 1.08. The van der Waals surface area contributed by atoms with Gasteiger partial charge in [0.25, 0.3) is 0 Å². The summed E-state index contributed by atoms with van der Waals surface area (Å²) in [6.07, 6.45) is 0. The minimum atomic E-state index is -0.668. The minimum absolute atomic E-state index is 0.645.